The zero-order chi connectivity index (χ0) is 21.7. The number of amides is 3. The third-order valence-corrected chi connectivity index (χ3v) is 6.86. The maximum atomic E-state index is 13.5. The lowest BCUT2D eigenvalue weighted by molar-refractivity contribution is -0.142. The summed E-state index contributed by atoms with van der Waals surface area (Å²) in [6, 6.07) is 9.46. The highest BCUT2D eigenvalue weighted by molar-refractivity contribution is 6.02. The fourth-order valence-corrected chi connectivity index (χ4v) is 5.41. The number of hydrogen-bond donors (Lipinski definition) is 0. The number of benzene rings is 1. The molecular weight excluding hydrogens is 396 g/mol. The lowest BCUT2D eigenvalue weighted by atomic mass is 9.95. The summed E-state index contributed by atoms with van der Waals surface area (Å²) in [6.07, 6.45) is 3.78. The molecule has 0 spiro atoms. The van der Waals surface area contributed by atoms with Gasteiger partial charge in [0.05, 0.1) is 12.8 Å². The number of likely N-dealkylation sites (tertiary alicyclic amines) is 1. The first kappa shape index (κ1) is 19.8. The van der Waals surface area contributed by atoms with E-state index in [9.17, 15) is 14.4 Å². The molecule has 31 heavy (non-hydrogen) atoms. The van der Waals surface area contributed by atoms with Crippen LogP contribution in [0.3, 0.4) is 0 Å². The molecule has 0 radical (unpaired) electrons. The molecule has 4 heterocycles. The number of nitrogens with zero attached hydrogens (tertiary/aromatic N) is 4. The van der Waals surface area contributed by atoms with Crippen molar-refractivity contribution < 1.29 is 19.1 Å². The van der Waals surface area contributed by atoms with E-state index in [-0.39, 0.29) is 35.8 Å². The number of hydrogen-bond acceptors (Lipinski definition) is 5. The van der Waals surface area contributed by atoms with Crippen molar-refractivity contribution in [1.82, 2.24) is 19.6 Å². The molecule has 2 aromatic rings. The Bertz CT molecular complexity index is 1030. The van der Waals surface area contributed by atoms with E-state index in [0.29, 0.717) is 31.4 Å². The summed E-state index contributed by atoms with van der Waals surface area (Å²) in [6.45, 7) is 0. The van der Waals surface area contributed by atoms with Gasteiger partial charge >= 0.3 is 0 Å². The van der Waals surface area contributed by atoms with E-state index in [4.69, 9.17) is 4.74 Å². The van der Waals surface area contributed by atoms with Crippen LogP contribution in [0.25, 0.3) is 11.3 Å². The second-order valence-corrected chi connectivity index (χ2v) is 8.65. The summed E-state index contributed by atoms with van der Waals surface area (Å²) in [7, 11) is 3.41. The van der Waals surface area contributed by atoms with Crippen molar-refractivity contribution in [3.05, 3.63) is 36.0 Å². The molecule has 2 unspecified atom stereocenters. The number of piperidine rings is 1. The van der Waals surface area contributed by atoms with Crippen LogP contribution in [-0.2, 0) is 16.6 Å². The maximum Gasteiger partial charge on any atom is 0.272 e. The van der Waals surface area contributed by atoms with Gasteiger partial charge in [0.2, 0.25) is 11.8 Å². The monoisotopic (exact) mass is 422 g/mol. The van der Waals surface area contributed by atoms with Gasteiger partial charge in [0.1, 0.15) is 11.4 Å². The summed E-state index contributed by atoms with van der Waals surface area (Å²) in [5, 5.41) is 4.56. The molecule has 8 nitrogen and oxygen atoms in total. The van der Waals surface area contributed by atoms with Crippen molar-refractivity contribution in [3.63, 3.8) is 0 Å². The molecule has 0 aliphatic carbocycles. The smallest absolute Gasteiger partial charge is 0.272 e. The van der Waals surface area contributed by atoms with Crippen molar-refractivity contribution in [1.29, 1.82) is 0 Å². The Hall–Kier alpha value is -3.16. The number of carbonyl (C=O) groups excluding carboxylic acids is 3. The summed E-state index contributed by atoms with van der Waals surface area (Å²) in [5.41, 5.74) is 2.16. The lowest BCUT2D eigenvalue weighted by Gasteiger charge is -2.41. The normalized spacial score (nSPS) is 25.4. The largest absolute Gasteiger partial charge is 0.497 e. The zero-order valence-corrected chi connectivity index (χ0v) is 17.8. The Morgan fingerprint density at radius 2 is 1.71 bits per heavy atom. The van der Waals surface area contributed by atoms with Crippen LogP contribution in [0.4, 0.5) is 0 Å². The van der Waals surface area contributed by atoms with Gasteiger partial charge in [-0.25, -0.2) is 0 Å². The Labute approximate surface area is 180 Å². The van der Waals surface area contributed by atoms with Gasteiger partial charge in [-0.05, 0) is 43.9 Å². The predicted molar refractivity (Wildman–Crippen MR) is 112 cm³/mol. The van der Waals surface area contributed by atoms with Crippen molar-refractivity contribution >= 4 is 17.7 Å². The van der Waals surface area contributed by atoms with Crippen LogP contribution in [0.5, 0.6) is 5.75 Å². The molecule has 5 rings (SSSR count). The standard InChI is InChI=1S/C23H26N4O4/c1-25-20(13-19(24-25)14-4-3-5-18(10-14)31-2)23(30)26-15-6-7-16(26)12-17(11-15)27-21(28)8-9-22(27)29/h3-5,10,13,15-17H,6-9,11-12H2,1-2H3. The van der Waals surface area contributed by atoms with Gasteiger partial charge in [-0.2, -0.15) is 5.10 Å². The van der Waals surface area contributed by atoms with Crippen LogP contribution in [0, 0.1) is 0 Å². The average Bonchev–Trinajstić information content (AvgIpc) is 3.40. The van der Waals surface area contributed by atoms with E-state index >= 15 is 0 Å². The molecular formula is C23H26N4O4. The first-order chi connectivity index (χ1) is 15.0. The number of imide groups is 1. The lowest BCUT2D eigenvalue weighted by Crippen LogP contribution is -2.53. The van der Waals surface area contributed by atoms with Crippen LogP contribution in [0.1, 0.15) is 49.0 Å². The minimum atomic E-state index is -0.0806. The SMILES string of the molecule is COc1cccc(-c2cc(C(=O)N3C4CCC3CC(N3C(=O)CCC3=O)C4)n(C)n2)c1. The number of aryl methyl sites for hydroxylation is 1. The Morgan fingerprint density at radius 1 is 1.03 bits per heavy atom. The molecule has 0 N–H and O–H groups in total. The summed E-state index contributed by atoms with van der Waals surface area (Å²) < 4.78 is 6.93. The third-order valence-electron chi connectivity index (χ3n) is 6.86. The number of methoxy groups -OCH3 is 1. The van der Waals surface area contributed by atoms with E-state index in [1.807, 2.05) is 35.2 Å². The maximum absolute atomic E-state index is 13.5. The van der Waals surface area contributed by atoms with Crippen molar-refractivity contribution in [2.24, 2.45) is 7.05 Å². The van der Waals surface area contributed by atoms with Crippen LogP contribution >= 0.6 is 0 Å². The molecule has 162 valence electrons. The van der Waals surface area contributed by atoms with Crippen molar-refractivity contribution in [2.75, 3.05) is 7.11 Å². The molecule has 3 amide bonds. The Morgan fingerprint density at radius 3 is 2.35 bits per heavy atom. The van der Waals surface area contributed by atoms with Crippen LogP contribution in [0.15, 0.2) is 30.3 Å². The van der Waals surface area contributed by atoms with Gasteiger partial charge in [-0.15, -0.1) is 0 Å². The highest BCUT2D eigenvalue weighted by Gasteiger charge is 2.48. The van der Waals surface area contributed by atoms with Crippen LogP contribution in [0.2, 0.25) is 0 Å². The quantitative estimate of drug-likeness (QED) is 0.707. The minimum Gasteiger partial charge on any atom is -0.497 e. The molecule has 3 fully saturated rings. The number of fused-ring (bicyclic) bond motifs is 2. The molecule has 2 atom stereocenters. The van der Waals surface area contributed by atoms with Gasteiger partial charge in [-0.1, -0.05) is 12.1 Å². The van der Waals surface area contributed by atoms with Gasteiger partial charge < -0.3 is 9.64 Å². The fourth-order valence-electron chi connectivity index (χ4n) is 5.41. The van der Waals surface area contributed by atoms with Gasteiger partial charge in [0.25, 0.3) is 5.91 Å². The van der Waals surface area contributed by atoms with E-state index in [1.54, 1.807) is 18.8 Å². The topological polar surface area (TPSA) is 84.7 Å². The molecule has 1 aromatic carbocycles. The van der Waals surface area contributed by atoms with Gasteiger partial charge in [0, 0.05) is 43.6 Å². The molecule has 3 aliphatic rings. The summed E-state index contributed by atoms with van der Waals surface area (Å²) in [5.74, 6) is 0.573. The fraction of sp³-hybridized carbons (Fsp3) is 0.478. The average molecular weight is 422 g/mol. The van der Waals surface area contributed by atoms with Crippen LogP contribution in [-0.4, -0.2) is 62.5 Å². The second-order valence-electron chi connectivity index (χ2n) is 8.65. The van der Waals surface area contributed by atoms with E-state index in [1.165, 1.54) is 4.90 Å². The number of ether oxygens (including phenoxy) is 1. The number of aromatic nitrogens is 2. The molecule has 0 saturated carbocycles. The third kappa shape index (κ3) is 3.30. The number of rotatable bonds is 4. The summed E-state index contributed by atoms with van der Waals surface area (Å²) >= 11 is 0. The predicted octanol–water partition coefficient (Wildman–Crippen LogP) is 2.38. The first-order valence-corrected chi connectivity index (χ1v) is 10.8. The van der Waals surface area contributed by atoms with E-state index in [0.717, 1.165) is 29.8 Å². The second kappa shape index (κ2) is 7.51. The van der Waals surface area contributed by atoms with Gasteiger partial charge in [-0.3, -0.25) is 24.0 Å². The first-order valence-electron chi connectivity index (χ1n) is 10.8. The van der Waals surface area contributed by atoms with Crippen molar-refractivity contribution in [2.45, 2.75) is 56.7 Å². The highest BCUT2D eigenvalue weighted by Crippen LogP contribution is 2.40. The summed E-state index contributed by atoms with van der Waals surface area (Å²) in [4.78, 5) is 41.3. The van der Waals surface area contributed by atoms with E-state index < -0.39 is 0 Å². The highest BCUT2D eigenvalue weighted by atomic mass is 16.5. The van der Waals surface area contributed by atoms with Crippen molar-refractivity contribution in [3.8, 4) is 17.0 Å². The van der Waals surface area contributed by atoms with Gasteiger partial charge in [0.15, 0.2) is 0 Å². The molecule has 3 saturated heterocycles. The molecule has 8 heteroatoms. The Kier molecular flexibility index (Phi) is 4.79. The van der Waals surface area contributed by atoms with E-state index in [2.05, 4.69) is 5.10 Å². The molecule has 3 aliphatic heterocycles. The molecule has 1 aromatic heterocycles. The Balaban J connectivity index is 1.37. The molecule has 2 bridgehead atoms. The van der Waals surface area contributed by atoms with Crippen LogP contribution < -0.4 is 4.74 Å². The minimum absolute atomic E-state index is 0.0332. The zero-order valence-electron chi connectivity index (χ0n) is 17.8. The number of carbonyl (C=O) groups is 3.